The first-order valence-corrected chi connectivity index (χ1v) is 7.05. The summed E-state index contributed by atoms with van der Waals surface area (Å²) in [5.74, 6) is 0.415. The quantitative estimate of drug-likeness (QED) is 0.736. The van der Waals surface area contributed by atoms with Crippen LogP contribution in [0.15, 0.2) is 54.1 Å². The van der Waals surface area contributed by atoms with E-state index in [1.165, 1.54) is 5.56 Å². The fourth-order valence-corrected chi connectivity index (χ4v) is 3.57. The molecule has 0 aliphatic heterocycles. The Kier molecular flexibility index (Phi) is 2.90. The molecule has 19 heavy (non-hydrogen) atoms. The highest BCUT2D eigenvalue weighted by Gasteiger charge is 2.47. The smallest absolute Gasteiger partial charge is 0.0758 e. The molecule has 0 saturated carbocycles. The zero-order valence-corrected chi connectivity index (χ0v) is 12.0. The number of rotatable bonds is 3. The molecular formula is C18H22O. The molecule has 100 valence electrons. The van der Waals surface area contributed by atoms with Crippen molar-refractivity contribution in [2.45, 2.75) is 32.3 Å². The molecule has 0 unspecified atom stereocenters. The van der Waals surface area contributed by atoms with Crippen molar-refractivity contribution in [2.75, 3.05) is 7.11 Å². The Balaban J connectivity index is 1.91. The lowest BCUT2D eigenvalue weighted by molar-refractivity contribution is -0.0516. The summed E-state index contributed by atoms with van der Waals surface area (Å²) in [5.41, 5.74) is 3.05. The number of methoxy groups -OCH3 is 1. The molecule has 2 bridgehead atoms. The average molecular weight is 254 g/mol. The van der Waals surface area contributed by atoms with Crippen LogP contribution >= 0.6 is 0 Å². The first-order valence-electron chi connectivity index (χ1n) is 7.05. The van der Waals surface area contributed by atoms with Gasteiger partial charge in [0.2, 0.25) is 0 Å². The van der Waals surface area contributed by atoms with Gasteiger partial charge in [-0.1, -0.05) is 61.1 Å². The van der Waals surface area contributed by atoms with Crippen LogP contribution < -0.4 is 0 Å². The van der Waals surface area contributed by atoms with Crippen LogP contribution in [0, 0.1) is 11.3 Å². The van der Waals surface area contributed by atoms with Gasteiger partial charge in [0.05, 0.1) is 5.60 Å². The van der Waals surface area contributed by atoms with Crippen molar-refractivity contribution in [3.05, 3.63) is 59.7 Å². The van der Waals surface area contributed by atoms with Crippen LogP contribution in [0.5, 0.6) is 0 Å². The number of hydrogen-bond donors (Lipinski definition) is 0. The lowest BCUT2D eigenvalue weighted by atomic mass is 9.59. The second kappa shape index (κ2) is 4.35. The molecule has 0 heterocycles. The number of hydrogen-bond acceptors (Lipinski definition) is 1. The largest absolute Gasteiger partial charge is 0.378 e. The fourth-order valence-electron chi connectivity index (χ4n) is 3.57. The van der Waals surface area contributed by atoms with Crippen LogP contribution in [-0.4, -0.2) is 12.7 Å². The SMILES string of the molecule is CO[C@]1(C)C[C@@]2(C)C=C[C@@H]1C=C2Cc1ccccc1. The van der Waals surface area contributed by atoms with Crippen molar-refractivity contribution in [3.8, 4) is 0 Å². The molecule has 0 amide bonds. The first kappa shape index (κ1) is 12.7. The predicted octanol–water partition coefficient (Wildman–Crippen LogP) is 4.16. The van der Waals surface area contributed by atoms with Crippen molar-refractivity contribution in [1.82, 2.24) is 0 Å². The standard InChI is InChI=1S/C18H22O/c1-17-10-9-15(18(2,13-17)19-3)12-16(17)11-14-7-5-4-6-8-14/h4-10,12,15H,11,13H2,1-3H3/t15-,17-,18-/m1/s1. The van der Waals surface area contributed by atoms with Gasteiger partial charge in [0.1, 0.15) is 0 Å². The summed E-state index contributed by atoms with van der Waals surface area (Å²) in [6.07, 6.45) is 9.27. The van der Waals surface area contributed by atoms with Gasteiger partial charge in [-0.15, -0.1) is 0 Å². The topological polar surface area (TPSA) is 9.23 Å². The third-order valence-corrected chi connectivity index (χ3v) is 4.91. The molecule has 0 N–H and O–H groups in total. The van der Waals surface area contributed by atoms with E-state index in [9.17, 15) is 0 Å². The van der Waals surface area contributed by atoms with Crippen LogP contribution in [0.2, 0.25) is 0 Å². The molecule has 1 aromatic rings. The minimum atomic E-state index is -0.0380. The zero-order valence-electron chi connectivity index (χ0n) is 12.0. The van der Waals surface area contributed by atoms with E-state index in [1.807, 2.05) is 7.11 Å². The molecule has 3 aliphatic rings. The highest BCUT2D eigenvalue weighted by atomic mass is 16.5. The normalized spacial score (nSPS) is 36.4. The molecule has 0 spiro atoms. The Hall–Kier alpha value is -1.34. The van der Waals surface area contributed by atoms with Gasteiger partial charge < -0.3 is 4.74 Å². The second-order valence-electron chi connectivity index (χ2n) is 6.35. The maximum Gasteiger partial charge on any atom is 0.0758 e. The Morgan fingerprint density at radius 1 is 1.21 bits per heavy atom. The van der Waals surface area contributed by atoms with Gasteiger partial charge in [0.25, 0.3) is 0 Å². The van der Waals surface area contributed by atoms with Crippen molar-refractivity contribution < 1.29 is 4.74 Å². The maximum absolute atomic E-state index is 5.78. The third kappa shape index (κ3) is 2.06. The maximum atomic E-state index is 5.78. The number of fused-ring (bicyclic) bond motifs is 1. The Labute approximate surface area is 116 Å². The van der Waals surface area contributed by atoms with E-state index in [0.29, 0.717) is 5.92 Å². The summed E-state index contributed by atoms with van der Waals surface area (Å²) >= 11 is 0. The molecule has 0 saturated heterocycles. The zero-order chi connectivity index (χ0) is 13.5. The van der Waals surface area contributed by atoms with Crippen LogP contribution in [0.3, 0.4) is 0 Å². The van der Waals surface area contributed by atoms with Crippen molar-refractivity contribution >= 4 is 0 Å². The Bertz CT molecular complexity index is 528. The lowest BCUT2D eigenvalue weighted by Crippen LogP contribution is -2.47. The minimum absolute atomic E-state index is 0.0380. The second-order valence-corrected chi connectivity index (χ2v) is 6.35. The summed E-state index contributed by atoms with van der Waals surface area (Å²) in [5, 5.41) is 0. The Morgan fingerprint density at radius 3 is 2.58 bits per heavy atom. The predicted molar refractivity (Wildman–Crippen MR) is 79.0 cm³/mol. The number of allylic oxidation sites excluding steroid dienone is 2. The first-order chi connectivity index (χ1) is 9.06. The van der Waals surface area contributed by atoms with Crippen molar-refractivity contribution in [1.29, 1.82) is 0 Å². The van der Waals surface area contributed by atoms with Gasteiger partial charge >= 0.3 is 0 Å². The van der Waals surface area contributed by atoms with Crippen LogP contribution in [0.4, 0.5) is 0 Å². The van der Waals surface area contributed by atoms with E-state index in [0.717, 1.165) is 12.8 Å². The monoisotopic (exact) mass is 254 g/mol. The highest BCUT2D eigenvalue weighted by Crippen LogP contribution is 2.52. The molecule has 0 aromatic heterocycles. The summed E-state index contributed by atoms with van der Waals surface area (Å²) in [7, 11) is 1.84. The molecule has 1 aromatic carbocycles. The summed E-state index contributed by atoms with van der Waals surface area (Å²) in [6, 6.07) is 10.7. The lowest BCUT2D eigenvalue weighted by Gasteiger charge is -2.50. The number of benzene rings is 1. The van der Waals surface area contributed by atoms with E-state index in [2.05, 4.69) is 62.4 Å². The summed E-state index contributed by atoms with van der Waals surface area (Å²) in [6.45, 7) is 4.57. The Morgan fingerprint density at radius 2 is 1.95 bits per heavy atom. The average Bonchev–Trinajstić information content (AvgIpc) is 2.41. The highest BCUT2D eigenvalue weighted by molar-refractivity contribution is 5.39. The van der Waals surface area contributed by atoms with E-state index < -0.39 is 0 Å². The van der Waals surface area contributed by atoms with E-state index >= 15 is 0 Å². The summed E-state index contributed by atoms with van der Waals surface area (Å²) in [4.78, 5) is 0. The molecule has 0 radical (unpaired) electrons. The van der Waals surface area contributed by atoms with Gasteiger partial charge in [-0.05, 0) is 25.3 Å². The van der Waals surface area contributed by atoms with Crippen molar-refractivity contribution in [3.63, 3.8) is 0 Å². The van der Waals surface area contributed by atoms with Gasteiger partial charge in [0, 0.05) is 18.4 Å². The van der Waals surface area contributed by atoms with Crippen molar-refractivity contribution in [2.24, 2.45) is 11.3 Å². The van der Waals surface area contributed by atoms with Gasteiger partial charge in [0.15, 0.2) is 0 Å². The van der Waals surface area contributed by atoms with E-state index in [-0.39, 0.29) is 11.0 Å². The van der Waals surface area contributed by atoms with Crippen LogP contribution in [0.25, 0.3) is 0 Å². The minimum Gasteiger partial charge on any atom is -0.378 e. The van der Waals surface area contributed by atoms with E-state index in [4.69, 9.17) is 4.74 Å². The number of ether oxygens (including phenoxy) is 1. The van der Waals surface area contributed by atoms with E-state index in [1.54, 1.807) is 5.57 Å². The van der Waals surface area contributed by atoms with Gasteiger partial charge in [-0.2, -0.15) is 0 Å². The van der Waals surface area contributed by atoms with Gasteiger partial charge in [-0.25, -0.2) is 0 Å². The van der Waals surface area contributed by atoms with Gasteiger partial charge in [-0.3, -0.25) is 0 Å². The molecule has 3 atom stereocenters. The summed E-state index contributed by atoms with van der Waals surface area (Å²) < 4.78 is 5.78. The molecule has 3 aliphatic carbocycles. The molecule has 4 rings (SSSR count). The van der Waals surface area contributed by atoms with Crippen LogP contribution in [0.1, 0.15) is 25.8 Å². The molecule has 0 fully saturated rings. The molecule has 1 nitrogen and oxygen atoms in total. The third-order valence-electron chi connectivity index (χ3n) is 4.91. The fraction of sp³-hybridized carbons (Fsp3) is 0.444. The van der Waals surface area contributed by atoms with Crippen LogP contribution in [-0.2, 0) is 11.2 Å². The molecule has 1 heteroatoms. The molecular weight excluding hydrogens is 232 g/mol.